The molecule has 0 radical (unpaired) electrons. The highest BCUT2D eigenvalue weighted by Gasteiger charge is 2.11. The summed E-state index contributed by atoms with van der Waals surface area (Å²) in [5.74, 6) is 0. The van der Waals surface area contributed by atoms with Gasteiger partial charge in [0.2, 0.25) is 0 Å². The van der Waals surface area contributed by atoms with Gasteiger partial charge < -0.3 is 5.32 Å². The molecule has 0 heterocycles. The zero-order valence-corrected chi connectivity index (χ0v) is 12.2. The molecular weight excluding hydrogens is 306 g/mol. The Morgan fingerprint density at radius 2 is 1.58 bits per heavy atom. The number of anilines is 1. The van der Waals surface area contributed by atoms with Crippen molar-refractivity contribution in [1.82, 2.24) is 0 Å². The number of nitriles is 3. The monoisotopic (exact) mass is 315 g/mol. The second kappa shape index (κ2) is 7.22. The Morgan fingerprint density at radius 3 is 2.12 bits per heavy atom. The smallest absolute Gasteiger partial charge is 0.269 e. The van der Waals surface area contributed by atoms with Crippen LogP contribution in [0, 0.1) is 44.1 Å². The van der Waals surface area contributed by atoms with Crippen LogP contribution in [0.3, 0.4) is 0 Å². The number of nitrogens with zero attached hydrogens (tertiary/aromatic N) is 4. The van der Waals surface area contributed by atoms with Gasteiger partial charge in [0.15, 0.2) is 5.57 Å². The van der Waals surface area contributed by atoms with Crippen LogP contribution >= 0.6 is 0 Å². The number of para-hydroxylation sites is 1. The number of nitrogens with one attached hydrogen (secondary N) is 1. The molecule has 7 nitrogen and oxygen atoms in total. The van der Waals surface area contributed by atoms with E-state index in [0.29, 0.717) is 16.8 Å². The Kier molecular flexibility index (Phi) is 4.88. The molecule has 0 fully saturated rings. The first-order valence-corrected chi connectivity index (χ1v) is 6.66. The molecule has 0 bridgehead atoms. The van der Waals surface area contributed by atoms with Crippen LogP contribution in [0.5, 0.6) is 0 Å². The van der Waals surface area contributed by atoms with Crippen molar-refractivity contribution >= 4 is 11.4 Å². The third-order valence-electron chi connectivity index (χ3n) is 3.16. The summed E-state index contributed by atoms with van der Waals surface area (Å²) in [4.78, 5) is 10.2. The first-order valence-electron chi connectivity index (χ1n) is 6.66. The summed E-state index contributed by atoms with van der Waals surface area (Å²) in [6, 6.07) is 18.0. The molecule has 0 aliphatic carbocycles. The normalized spacial score (nSPS) is 9.04. The molecule has 0 spiro atoms. The molecule has 2 aromatic carbocycles. The molecule has 0 aromatic heterocycles. The van der Waals surface area contributed by atoms with E-state index in [0.717, 1.165) is 0 Å². The van der Waals surface area contributed by atoms with E-state index in [1.165, 1.54) is 12.1 Å². The number of nitro groups is 1. The second-order valence-corrected chi connectivity index (χ2v) is 4.56. The van der Waals surface area contributed by atoms with E-state index in [1.54, 1.807) is 54.6 Å². The fourth-order valence-corrected chi connectivity index (χ4v) is 2.02. The topological polar surface area (TPSA) is 127 Å². The van der Waals surface area contributed by atoms with Gasteiger partial charge in [0.05, 0.1) is 4.92 Å². The predicted molar refractivity (Wildman–Crippen MR) is 86.0 cm³/mol. The maximum Gasteiger partial charge on any atom is 0.269 e. The van der Waals surface area contributed by atoms with Crippen molar-refractivity contribution in [3.8, 4) is 29.3 Å². The zero-order valence-electron chi connectivity index (χ0n) is 12.2. The van der Waals surface area contributed by atoms with Crippen LogP contribution in [0.2, 0.25) is 0 Å². The number of rotatable bonds is 4. The lowest BCUT2D eigenvalue weighted by atomic mass is 10.0. The molecule has 0 saturated heterocycles. The van der Waals surface area contributed by atoms with E-state index in [4.69, 9.17) is 15.8 Å². The Labute approximate surface area is 137 Å². The molecule has 0 amide bonds. The van der Waals surface area contributed by atoms with E-state index in [9.17, 15) is 10.1 Å². The molecule has 24 heavy (non-hydrogen) atoms. The van der Waals surface area contributed by atoms with Crippen molar-refractivity contribution in [3.63, 3.8) is 0 Å². The van der Waals surface area contributed by atoms with E-state index < -0.39 is 4.92 Å². The standard InChI is InChI=1S/C17H9N5O2/c18-9-13(10-19)17(11-20)21-16-4-2-1-3-15(16)12-5-7-14(8-6-12)22(23)24/h1-8,21H. The van der Waals surface area contributed by atoms with Gasteiger partial charge in [-0.05, 0) is 23.8 Å². The van der Waals surface area contributed by atoms with Gasteiger partial charge in [0.25, 0.3) is 5.69 Å². The first-order chi connectivity index (χ1) is 11.6. The summed E-state index contributed by atoms with van der Waals surface area (Å²) in [6.07, 6.45) is 0. The summed E-state index contributed by atoms with van der Waals surface area (Å²) < 4.78 is 0. The van der Waals surface area contributed by atoms with Crippen LogP contribution in [-0.4, -0.2) is 4.92 Å². The van der Waals surface area contributed by atoms with Crippen molar-refractivity contribution in [2.24, 2.45) is 0 Å². The highest BCUT2D eigenvalue weighted by molar-refractivity contribution is 5.80. The van der Waals surface area contributed by atoms with Crippen LogP contribution in [0.1, 0.15) is 0 Å². The van der Waals surface area contributed by atoms with Crippen molar-refractivity contribution in [3.05, 3.63) is 69.9 Å². The van der Waals surface area contributed by atoms with Crippen LogP contribution in [0.15, 0.2) is 59.8 Å². The number of benzene rings is 2. The average Bonchev–Trinajstić information content (AvgIpc) is 2.62. The third kappa shape index (κ3) is 3.36. The minimum Gasteiger partial charge on any atom is -0.345 e. The summed E-state index contributed by atoms with van der Waals surface area (Å²) in [5.41, 5.74) is 1.36. The van der Waals surface area contributed by atoms with Crippen LogP contribution in [0.4, 0.5) is 11.4 Å². The molecule has 0 aliphatic rings. The summed E-state index contributed by atoms with van der Waals surface area (Å²) >= 11 is 0. The quantitative estimate of drug-likeness (QED) is 0.522. The van der Waals surface area contributed by atoms with Gasteiger partial charge in [-0.25, -0.2) is 0 Å². The Bertz CT molecular complexity index is 925. The number of hydrogen-bond donors (Lipinski definition) is 1. The molecular formula is C17H9N5O2. The first kappa shape index (κ1) is 16.2. The fraction of sp³-hybridized carbons (Fsp3) is 0. The van der Waals surface area contributed by atoms with E-state index in [2.05, 4.69) is 5.32 Å². The van der Waals surface area contributed by atoms with E-state index in [-0.39, 0.29) is 17.0 Å². The lowest BCUT2D eigenvalue weighted by molar-refractivity contribution is -0.384. The molecule has 1 N–H and O–H groups in total. The van der Waals surface area contributed by atoms with Crippen molar-refractivity contribution in [2.45, 2.75) is 0 Å². The van der Waals surface area contributed by atoms with Gasteiger partial charge >= 0.3 is 0 Å². The number of allylic oxidation sites excluding steroid dienone is 2. The Morgan fingerprint density at radius 1 is 0.958 bits per heavy atom. The van der Waals surface area contributed by atoms with Gasteiger partial charge in [0.1, 0.15) is 23.9 Å². The number of hydrogen-bond acceptors (Lipinski definition) is 6. The summed E-state index contributed by atoms with van der Waals surface area (Å²) in [7, 11) is 0. The van der Waals surface area contributed by atoms with Gasteiger partial charge in [-0.1, -0.05) is 18.2 Å². The van der Waals surface area contributed by atoms with Crippen LogP contribution < -0.4 is 5.32 Å². The Hall–Kier alpha value is -4.15. The maximum atomic E-state index is 10.7. The maximum absolute atomic E-state index is 10.7. The predicted octanol–water partition coefficient (Wildman–Crippen LogP) is 3.50. The lowest BCUT2D eigenvalue weighted by Crippen LogP contribution is -2.02. The average molecular weight is 315 g/mol. The molecule has 0 atom stereocenters. The van der Waals surface area contributed by atoms with Crippen molar-refractivity contribution in [1.29, 1.82) is 15.8 Å². The van der Waals surface area contributed by atoms with Gasteiger partial charge in [0, 0.05) is 23.4 Å². The summed E-state index contributed by atoms with van der Waals surface area (Å²) in [5, 5.41) is 40.4. The van der Waals surface area contributed by atoms with Crippen LogP contribution in [0.25, 0.3) is 11.1 Å². The minimum atomic E-state index is -0.490. The molecule has 2 rings (SSSR count). The molecule has 2 aromatic rings. The Balaban J connectivity index is 2.47. The van der Waals surface area contributed by atoms with Gasteiger partial charge in [-0.15, -0.1) is 0 Å². The largest absolute Gasteiger partial charge is 0.345 e. The third-order valence-corrected chi connectivity index (χ3v) is 3.16. The highest BCUT2D eigenvalue weighted by atomic mass is 16.6. The lowest BCUT2D eigenvalue weighted by Gasteiger charge is -2.11. The highest BCUT2D eigenvalue weighted by Crippen LogP contribution is 2.30. The molecule has 114 valence electrons. The molecule has 0 aliphatic heterocycles. The van der Waals surface area contributed by atoms with E-state index in [1.807, 2.05) is 0 Å². The molecule has 0 saturated carbocycles. The van der Waals surface area contributed by atoms with Gasteiger partial charge in [-0.2, -0.15) is 15.8 Å². The second-order valence-electron chi connectivity index (χ2n) is 4.56. The molecule has 7 heteroatoms. The van der Waals surface area contributed by atoms with Gasteiger partial charge in [-0.3, -0.25) is 10.1 Å². The number of nitro benzene ring substituents is 1. The fourth-order valence-electron chi connectivity index (χ4n) is 2.02. The van der Waals surface area contributed by atoms with Crippen molar-refractivity contribution < 1.29 is 4.92 Å². The van der Waals surface area contributed by atoms with Crippen molar-refractivity contribution in [2.75, 3.05) is 5.32 Å². The van der Waals surface area contributed by atoms with Crippen LogP contribution in [-0.2, 0) is 0 Å². The van der Waals surface area contributed by atoms with E-state index >= 15 is 0 Å². The number of non-ortho nitro benzene ring substituents is 1. The summed E-state index contributed by atoms with van der Waals surface area (Å²) in [6.45, 7) is 0. The SMILES string of the molecule is N#CC(C#N)=C(C#N)Nc1ccccc1-c1ccc([N+](=O)[O-])cc1. The molecule has 0 unspecified atom stereocenters. The minimum absolute atomic E-state index is 0.0296. The zero-order chi connectivity index (χ0) is 17.5.